The van der Waals surface area contributed by atoms with Crippen LogP contribution in [0.5, 0.6) is 0 Å². The number of sulfonamides is 1. The van der Waals surface area contributed by atoms with Gasteiger partial charge < -0.3 is 5.32 Å². The highest BCUT2D eigenvalue weighted by atomic mass is 32.2. The quantitative estimate of drug-likeness (QED) is 0.659. The first-order valence-corrected chi connectivity index (χ1v) is 8.46. The third kappa shape index (κ3) is 5.66. The van der Waals surface area contributed by atoms with Crippen molar-refractivity contribution in [3.8, 4) is 0 Å². The lowest BCUT2D eigenvalue weighted by Gasteiger charge is -2.07. The Morgan fingerprint density at radius 1 is 1.14 bits per heavy atom. The molecule has 22 heavy (non-hydrogen) atoms. The molecule has 0 atom stereocenters. The molecule has 1 aromatic heterocycles. The van der Waals surface area contributed by atoms with Gasteiger partial charge in [0.15, 0.2) is 0 Å². The van der Waals surface area contributed by atoms with Gasteiger partial charge in [0.05, 0.1) is 18.0 Å². The average Bonchev–Trinajstić information content (AvgIpc) is 3.04. The fourth-order valence-corrected chi connectivity index (χ4v) is 2.73. The third-order valence-electron chi connectivity index (χ3n) is 2.97. The number of H-pyrrole nitrogens is 1. The van der Waals surface area contributed by atoms with Crippen LogP contribution < -0.4 is 10.0 Å². The standard InChI is InChI=1S/C14H18N4O3S/c19-14(15-10-12-4-2-1-3-5-12)7-9-22(20,21)17-11-13-6-8-16-18-13/h1-6,8,17H,7,9-11H2,(H,15,19)(H,16,18). The average molecular weight is 322 g/mol. The normalized spacial score (nSPS) is 11.3. The fourth-order valence-electron chi connectivity index (χ4n) is 1.75. The van der Waals surface area contributed by atoms with Crippen molar-refractivity contribution >= 4 is 15.9 Å². The summed E-state index contributed by atoms with van der Waals surface area (Å²) in [4.78, 5) is 11.7. The Morgan fingerprint density at radius 3 is 2.59 bits per heavy atom. The fraction of sp³-hybridized carbons (Fsp3) is 0.286. The third-order valence-corrected chi connectivity index (χ3v) is 4.30. The van der Waals surface area contributed by atoms with Gasteiger partial charge in [-0.25, -0.2) is 13.1 Å². The van der Waals surface area contributed by atoms with Crippen molar-refractivity contribution in [3.05, 3.63) is 53.9 Å². The number of carbonyl (C=O) groups excluding carboxylic acids is 1. The second-order valence-electron chi connectivity index (χ2n) is 4.73. The Balaban J connectivity index is 1.70. The topological polar surface area (TPSA) is 104 Å². The van der Waals surface area contributed by atoms with Crippen LogP contribution in [0.15, 0.2) is 42.6 Å². The van der Waals surface area contributed by atoms with E-state index in [1.54, 1.807) is 12.3 Å². The number of rotatable bonds is 8. The summed E-state index contributed by atoms with van der Waals surface area (Å²) >= 11 is 0. The lowest BCUT2D eigenvalue weighted by molar-refractivity contribution is -0.120. The molecule has 7 nitrogen and oxygen atoms in total. The molecule has 118 valence electrons. The minimum Gasteiger partial charge on any atom is -0.352 e. The van der Waals surface area contributed by atoms with Crippen LogP contribution in [0.4, 0.5) is 0 Å². The van der Waals surface area contributed by atoms with E-state index in [1.807, 2.05) is 30.3 Å². The number of aromatic amines is 1. The Morgan fingerprint density at radius 2 is 1.91 bits per heavy atom. The molecule has 0 unspecified atom stereocenters. The van der Waals surface area contributed by atoms with Crippen molar-refractivity contribution in [1.29, 1.82) is 0 Å². The Hall–Kier alpha value is -2.19. The molecule has 1 heterocycles. The van der Waals surface area contributed by atoms with Gasteiger partial charge in [0, 0.05) is 19.2 Å². The molecule has 0 spiro atoms. The molecule has 0 aliphatic heterocycles. The molecule has 0 radical (unpaired) electrons. The maximum atomic E-state index is 11.8. The number of nitrogens with zero attached hydrogens (tertiary/aromatic N) is 1. The van der Waals surface area contributed by atoms with Crippen LogP contribution in [0.1, 0.15) is 17.7 Å². The molecule has 0 fully saturated rings. The summed E-state index contributed by atoms with van der Waals surface area (Å²) in [6.07, 6.45) is 1.46. The first-order chi connectivity index (χ1) is 10.6. The zero-order chi connectivity index (χ0) is 15.8. The van der Waals surface area contributed by atoms with E-state index < -0.39 is 10.0 Å². The van der Waals surface area contributed by atoms with Gasteiger partial charge in [0.25, 0.3) is 0 Å². The molecule has 2 rings (SSSR count). The summed E-state index contributed by atoms with van der Waals surface area (Å²) < 4.78 is 26.0. The summed E-state index contributed by atoms with van der Waals surface area (Å²) in [6.45, 7) is 0.523. The Bertz CT molecular complexity index is 684. The molecular weight excluding hydrogens is 304 g/mol. The van der Waals surface area contributed by atoms with Crippen LogP contribution in [-0.4, -0.2) is 30.3 Å². The van der Waals surface area contributed by atoms with E-state index in [2.05, 4.69) is 20.2 Å². The highest BCUT2D eigenvalue weighted by Crippen LogP contribution is 1.99. The van der Waals surface area contributed by atoms with Crippen LogP contribution in [0, 0.1) is 0 Å². The van der Waals surface area contributed by atoms with Crippen LogP contribution in [0.3, 0.4) is 0 Å². The minimum atomic E-state index is -3.49. The number of hydrogen-bond donors (Lipinski definition) is 3. The molecule has 0 aliphatic rings. The van der Waals surface area contributed by atoms with E-state index in [4.69, 9.17) is 0 Å². The van der Waals surface area contributed by atoms with E-state index in [0.29, 0.717) is 12.2 Å². The zero-order valence-corrected chi connectivity index (χ0v) is 12.8. The molecule has 0 bridgehead atoms. The predicted molar refractivity (Wildman–Crippen MR) is 82.1 cm³/mol. The summed E-state index contributed by atoms with van der Waals surface area (Å²) in [5.74, 6) is -0.544. The van der Waals surface area contributed by atoms with E-state index in [0.717, 1.165) is 5.56 Å². The minimum absolute atomic E-state index is 0.0782. The first-order valence-electron chi connectivity index (χ1n) is 6.81. The summed E-state index contributed by atoms with van der Waals surface area (Å²) in [6, 6.07) is 11.1. The Labute approximate surface area is 129 Å². The van der Waals surface area contributed by atoms with E-state index >= 15 is 0 Å². The molecule has 1 amide bonds. The monoisotopic (exact) mass is 322 g/mol. The lowest BCUT2D eigenvalue weighted by Crippen LogP contribution is -2.30. The van der Waals surface area contributed by atoms with Gasteiger partial charge in [-0.2, -0.15) is 5.10 Å². The number of hydrogen-bond acceptors (Lipinski definition) is 4. The van der Waals surface area contributed by atoms with E-state index in [-0.39, 0.29) is 24.6 Å². The molecule has 2 aromatic rings. The number of amides is 1. The second-order valence-corrected chi connectivity index (χ2v) is 6.66. The summed E-state index contributed by atoms with van der Waals surface area (Å²) in [5.41, 5.74) is 1.63. The largest absolute Gasteiger partial charge is 0.352 e. The maximum Gasteiger partial charge on any atom is 0.221 e. The van der Waals surface area contributed by atoms with Crippen molar-refractivity contribution in [2.24, 2.45) is 0 Å². The molecule has 0 aliphatic carbocycles. The first kappa shape index (κ1) is 16.2. The highest BCUT2D eigenvalue weighted by Gasteiger charge is 2.13. The van der Waals surface area contributed by atoms with Gasteiger partial charge in [-0.3, -0.25) is 9.89 Å². The van der Waals surface area contributed by atoms with Crippen LogP contribution >= 0.6 is 0 Å². The van der Waals surface area contributed by atoms with Gasteiger partial charge >= 0.3 is 0 Å². The summed E-state index contributed by atoms with van der Waals surface area (Å²) in [5, 5.41) is 9.08. The van der Waals surface area contributed by atoms with Gasteiger partial charge in [-0.1, -0.05) is 30.3 Å². The SMILES string of the molecule is O=C(CCS(=O)(=O)NCc1ccn[nH]1)NCc1ccccc1. The van der Waals surface area contributed by atoms with Gasteiger partial charge in [-0.05, 0) is 11.6 Å². The van der Waals surface area contributed by atoms with Crippen molar-refractivity contribution in [2.45, 2.75) is 19.5 Å². The van der Waals surface area contributed by atoms with Crippen molar-refractivity contribution < 1.29 is 13.2 Å². The van der Waals surface area contributed by atoms with Crippen molar-refractivity contribution in [1.82, 2.24) is 20.2 Å². The molecule has 8 heteroatoms. The van der Waals surface area contributed by atoms with Crippen molar-refractivity contribution in [2.75, 3.05) is 5.75 Å². The van der Waals surface area contributed by atoms with Crippen LogP contribution in [0.25, 0.3) is 0 Å². The maximum absolute atomic E-state index is 11.8. The lowest BCUT2D eigenvalue weighted by atomic mass is 10.2. The van der Waals surface area contributed by atoms with Gasteiger partial charge in [0.2, 0.25) is 15.9 Å². The number of benzene rings is 1. The Kier molecular flexibility index (Phi) is 5.68. The van der Waals surface area contributed by atoms with E-state index in [9.17, 15) is 13.2 Å². The van der Waals surface area contributed by atoms with Crippen LogP contribution in [0.2, 0.25) is 0 Å². The highest BCUT2D eigenvalue weighted by molar-refractivity contribution is 7.89. The van der Waals surface area contributed by atoms with E-state index in [1.165, 1.54) is 0 Å². The number of carbonyl (C=O) groups is 1. The summed E-state index contributed by atoms with van der Waals surface area (Å²) in [7, 11) is -3.49. The number of aromatic nitrogens is 2. The van der Waals surface area contributed by atoms with Gasteiger partial charge in [0.1, 0.15) is 0 Å². The van der Waals surface area contributed by atoms with Crippen LogP contribution in [-0.2, 0) is 27.9 Å². The molecule has 3 N–H and O–H groups in total. The molecule has 1 aromatic carbocycles. The van der Waals surface area contributed by atoms with Crippen molar-refractivity contribution in [3.63, 3.8) is 0 Å². The smallest absolute Gasteiger partial charge is 0.221 e. The molecule has 0 saturated carbocycles. The second kappa shape index (κ2) is 7.71. The predicted octanol–water partition coefficient (Wildman–Crippen LogP) is 0.536. The zero-order valence-electron chi connectivity index (χ0n) is 12.0. The molecular formula is C14H18N4O3S. The van der Waals surface area contributed by atoms with Gasteiger partial charge in [-0.15, -0.1) is 0 Å². The molecule has 0 saturated heterocycles. The number of nitrogens with one attached hydrogen (secondary N) is 3.